The molecule has 140 valence electrons. The van der Waals surface area contributed by atoms with Gasteiger partial charge < -0.3 is 28.4 Å². The van der Waals surface area contributed by atoms with E-state index in [0.29, 0.717) is 6.04 Å². The van der Waals surface area contributed by atoms with E-state index in [4.69, 9.17) is 13.3 Å². The largest absolute Gasteiger partial charge is 0.500 e. The van der Waals surface area contributed by atoms with Crippen LogP contribution in [0.5, 0.6) is 0 Å². The monoisotopic (exact) mass is 349 g/mol. The van der Waals surface area contributed by atoms with Gasteiger partial charge in [0.05, 0.1) is 0 Å². The summed E-state index contributed by atoms with van der Waals surface area (Å²) in [5.74, 6) is 0. The van der Waals surface area contributed by atoms with Crippen LogP contribution < -0.4 is 5.32 Å². The van der Waals surface area contributed by atoms with Crippen LogP contribution in [0.1, 0.15) is 25.7 Å². The topological polar surface area (TPSA) is 46.2 Å². The van der Waals surface area contributed by atoms with Gasteiger partial charge in [-0.2, -0.15) is 0 Å². The molecule has 0 aliphatic heterocycles. The predicted molar refractivity (Wildman–Crippen MR) is 99.0 cm³/mol. The fourth-order valence-corrected chi connectivity index (χ4v) is 4.31. The Morgan fingerprint density at radius 2 is 1.39 bits per heavy atom. The average molecular weight is 350 g/mol. The van der Waals surface area contributed by atoms with E-state index in [1.165, 1.54) is 19.3 Å². The maximum Gasteiger partial charge on any atom is 0.500 e. The Morgan fingerprint density at radius 1 is 0.826 bits per heavy atom. The normalized spacial score (nSPS) is 14.0. The predicted octanol–water partition coefficient (Wildman–Crippen LogP) is 1.51. The molecule has 0 heterocycles. The van der Waals surface area contributed by atoms with E-state index in [0.717, 1.165) is 32.1 Å². The number of nitrogens with one attached hydrogen (secondary N) is 1. The number of rotatable bonds is 15. The van der Waals surface area contributed by atoms with Crippen LogP contribution in [0.2, 0.25) is 6.04 Å². The lowest BCUT2D eigenvalue weighted by Crippen LogP contribution is -2.43. The smallest absolute Gasteiger partial charge is 0.377 e. The van der Waals surface area contributed by atoms with Crippen molar-refractivity contribution in [3.63, 3.8) is 0 Å². The fourth-order valence-electron chi connectivity index (χ4n) is 2.58. The molecule has 1 unspecified atom stereocenters. The molecular weight excluding hydrogens is 310 g/mol. The quantitative estimate of drug-likeness (QED) is 0.357. The summed E-state index contributed by atoms with van der Waals surface area (Å²) in [4.78, 5) is 4.50. The van der Waals surface area contributed by atoms with Crippen molar-refractivity contribution in [2.45, 2.75) is 37.8 Å². The molecule has 0 spiro atoms. The maximum absolute atomic E-state index is 5.47. The highest BCUT2D eigenvalue weighted by atomic mass is 28.4. The molecule has 7 heteroatoms. The molecule has 0 rings (SSSR count). The first-order chi connectivity index (χ1) is 10.9. The Hall–Kier alpha value is -0.0231. The molecule has 0 aromatic rings. The molecule has 0 fully saturated rings. The Kier molecular flexibility index (Phi) is 13.3. The summed E-state index contributed by atoms with van der Waals surface area (Å²) < 4.78 is 16.4. The van der Waals surface area contributed by atoms with Gasteiger partial charge in [0.1, 0.15) is 0 Å². The van der Waals surface area contributed by atoms with Crippen LogP contribution in [-0.4, -0.2) is 93.8 Å². The minimum absolute atomic E-state index is 0.570. The third-order valence-electron chi connectivity index (χ3n) is 4.11. The standard InChI is InChI=1S/C16H39N3O3Si/c1-18(2)13-8-10-16(11-14-19(3)4)17-12-9-15-23(20-5,21-6)22-7/h16-17H,8-15H2,1-7H3. The second-order valence-corrected chi connectivity index (χ2v) is 9.68. The second-order valence-electron chi connectivity index (χ2n) is 6.59. The first-order valence-electron chi connectivity index (χ1n) is 8.57. The average Bonchev–Trinajstić information content (AvgIpc) is 2.52. The van der Waals surface area contributed by atoms with Gasteiger partial charge in [-0.25, -0.2) is 0 Å². The number of nitrogens with zero attached hydrogens (tertiary/aromatic N) is 2. The third-order valence-corrected chi connectivity index (χ3v) is 6.94. The van der Waals surface area contributed by atoms with E-state index in [9.17, 15) is 0 Å². The Balaban J connectivity index is 4.15. The molecule has 23 heavy (non-hydrogen) atoms. The van der Waals surface area contributed by atoms with Gasteiger partial charge in [0.15, 0.2) is 0 Å². The van der Waals surface area contributed by atoms with E-state index in [-0.39, 0.29) is 0 Å². The molecule has 0 saturated carbocycles. The van der Waals surface area contributed by atoms with Gasteiger partial charge in [0.2, 0.25) is 0 Å². The van der Waals surface area contributed by atoms with Crippen LogP contribution in [-0.2, 0) is 13.3 Å². The van der Waals surface area contributed by atoms with Gasteiger partial charge in [0.25, 0.3) is 0 Å². The van der Waals surface area contributed by atoms with Crippen LogP contribution in [0.15, 0.2) is 0 Å². The lowest BCUT2D eigenvalue weighted by Gasteiger charge is -2.25. The lowest BCUT2D eigenvalue weighted by atomic mass is 10.1. The fraction of sp³-hybridized carbons (Fsp3) is 1.00. The number of hydrogen-bond acceptors (Lipinski definition) is 6. The van der Waals surface area contributed by atoms with Crippen molar-refractivity contribution in [2.24, 2.45) is 0 Å². The zero-order chi connectivity index (χ0) is 17.7. The molecule has 0 saturated heterocycles. The SMILES string of the molecule is CO[Si](CCCNC(CCCN(C)C)CCN(C)C)(OC)OC. The van der Waals surface area contributed by atoms with Crippen molar-refractivity contribution < 1.29 is 13.3 Å². The summed E-state index contributed by atoms with van der Waals surface area (Å²) in [6.45, 7) is 3.24. The minimum atomic E-state index is -2.42. The van der Waals surface area contributed by atoms with Crippen LogP contribution in [0, 0.1) is 0 Å². The van der Waals surface area contributed by atoms with E-state index in [1.54, 1.807) is 21.3 Å². The molecule has 1 atom stereocenters. The van der Waals surface area contributed by atoms with E-state index < -0.39 is 8.80 Å². The highest BCUT2D eigenvalue weighted by Gasteiger charge is 2.36. The molecule has 0 radical (unpaired) electrons. The maximum atomic E-state index is 5.47. The molecule has 0 aromatic heterocycles. The van der Waals surface area contributed by atoms with Crippen LogP contribution in [0.25, 0.3) is 0 Å². The van der Waals surface area contributed by atoms with Gasteiger partial charge in [-0.1, -0.05) is 0 Å². The van der Waals surface area contributed by atoms with Crippen molar-refractivity contribution in [1.82, 2.24) is 15.1 Å². The summed E-state index contributed by atoms with van der Waals surface area (Å²) in [5.41, 5.74) is 0. The Bertz CT molecular complexity index is 269. The molecule has 1 N–H and O–H groups in total. The van der Waals surface area contributed by atoms with Crippen molar-refractivity contribution in [2.75, 3.05) is 69.2 Å². The second kappa shape index (κ2) is 13.3. The van der Waals surface area contributed by atoms with Crippen molar-refractivity contribution in [3.8, 4) is 0 Å². The highest BCUT2D eigenvalue weighted by Crippen LogP contribution is 2.14. The molecule has 0 amide bonds. The summed E-state index contributed by atoms with van der Waals surface area (Å²) in [5, 5.41) is 3.70. The first-order valence-corrected chi connectivity index (χ1v) is 10.5. The minimum Gasteiger partial charge on any atom is -0.377 e. The van der Waals surface area contributed by atoms with Gasteiger partial charge >= 0.3 is 8.80 Å². The van der Waals surface area contributed by atoms with E-state index in [2.05, 4.69) is 43.3 Å². The summed E-state index contributed by atoms with van der Waals surface area (Å²) in [6.07, 6.45) is 4.63. The van der Waals surface area contributed by atoms with E-state index >= 15 is 0 Å². The van der Waals surface area contributed by atoms with Crippen molar-refractivity contribution in [3.05, 3.63) is 0 Å². The van der Waals surface area contributed by atoms with E-state index in [1.807, 2.05) is 0 Å². The Labute approximate surface area is 144 Å². The van der Waals surface area contributed by atoms with Crippen molar-refractivity contribution in [1.29, 1.82) is 0 Å². The zero-order valence-electron chi connectivity index (χ0n) is 16.4. The van der Waals surface area contributed by atoms with Crippen molar-refractivity contribution >= 4 is 8.80 Å². The zero-order valence-corrected chi connectivity index (χ0v) is 17.4. The summed E-state index contributed by atoms with van der Waals surface area (Å²) in [7, 11) is 11.1. The Morgan fingerprint density at radius 3 is 1.87 bits per heavy atom. The molecule has 0 aliphatic carbocycles. The molecule has 0 aromatic carbocycles. The van der Waals surface area contributed by atoms with Gasteiger partial charge in [0, 0.05) is 33.4 Å². The number of hydrogen-bond donors (Lipinski definition) is 1. The summed E-state index contributed by atoms with van der Waals surface area (Å²) >= 11 is 0. The van der Waals surface area contributed by atoms with Gasteiger partial charge in [-0.05, 0) is 73.5 Å². The van der Waals surface area contributed by atoms with Crippen LogP contribution in [0.3, 0.4) is 0 Å². The van der Waals surface area contributed by atoms with Crippen LogP contribution >= 0.6 is 0 Å². The molecule has 6 nitrogen and oxygen atoms in total. The lowest BCUT2D eigenvalue weighted by molar-refractivity contribution is 0.123. The molecule has 0 aliphatic rings. The summed E-state index contributed by atoms with van der Waals surface area (Å²) in [6, 6.07) is 1.42. The molecular formula is C16H39N3O3Si. The first kappa shape index (κ1) is 23.0. The van der Waals surface area contributed by atoms with Gasteiger partial charge in [-0.3, -0.25) is 0 Å². The highest BCUT2D eigenvalue weighted by molar-refractivity contribution is 6.60. The molecule has 0 bridgehead atoms. The van der Waals surface area contributed by atoms with Crippen LogP contribution in [0.4, 0.5) is 0 Å². The third kappa shape index (κ3) is 11.2. The van der Waals surface area contributed by atoms with Gasteiger partial charge in [-0.15, -0.1) is 0 Å².